The molecule has 1 unspecified atom stereocenters. The molecule has 0 saturated heterocycles. The second kappa shape index (κ2) is 4.09. The minimum absolute atomic E-state index is 0.138. The van der Waals surface area contributed by atoms with Gasteiger partial charge in [-0.3, -0.25) is 4.79 Å². The molecule has 0 amide bonds. The van der Waals surface area contributed by atoms with E-state index in [1.165, 1.54) is 0 Å². The topological polar surface area (TPSA) is 71.4 Å². The smallest absolute Gasteiger partial charge is 0.309 e. The Morgan fingerprint density at radius 1 is 1.39 bits per heavy atom. The van der Waals surface area contributed by atoms with Crippen LogP contribution in [-0.2, 0) is 21.1 Å². The molecular weight excluding hydrogens is 252 g/mol. The third-order valence-corrected chi connectivity index (χ3v) is 5.70. The largest absolute Gasteiger partial charge is 0.481 e. The molecule has 1 aromatic carbocycles. The first kappa shape index (κ1) is 13.1. The molecule has 98 valence electrons. The quantitative estimate of drug-likeness (QED) is 0.908. The fraction of sp³-hybridized carbons (Fsp3) is 0.462. The maximum Gasteiger partial charge on any atom is 0.309 e. The molecule has 0 spiro atoms. The summed E-state index contributed by atoms with van der Waals surface area (Å²) >= 11 is 0. The molecule has 1 N–H and O–H groups in total. The lowest BCUT2D eigenvalue weighted by molar-refractivity contribution is -0.147. The van der Waals surface area contributed by atoms with E-state index in [1.807, 2.05) is 0 Å². The van der Waals surface area contributed by atoms with E-state index in [9.17, 15) is 13.2 Å². The van der Waals surface area contributed by atoms with Crippen LogP contribution in [0.25, 0.3) is 0 Å². The summed E-state index contributed by atoms with van der Waals surface area (Å²) in [6.45, 7) is 3.13. The first-order chi connectivity index (χ1) is 8.25. The molecular formula is C13H16O4S. The monoisotopic (exact) mass is 268 g/mol. The number of benzene rings is 1. The van der Waals surface area contributed by atoms with E-state index in [1.54, 1.807) is 38.1 Å². The molecule has 1 aromatic rings. The van der Waals surface area contributed by atoms with Crippen molar-refractivity contribution in [2.45, 2.75) is 36.8 Å². The normalized spacial score (nSPS) is 21.6. The predicted molar refractivity (Wildman–Crippen MR) is 67.2 cm³/mol. The van der Waals surface area contributed by atoms with Gasteiger partial charge < -0.3 is 5.11 Å². The summed E-state index contributed by atoms with van der Waals surface area (Å²) < 4.78 is 24.6. The lowest BCUT2D eigenvalue weighted by atomic mass is 9.86. The highest BCUT2D eigenvalue weighted by Crippen LogP contribution is 2.37. The highest BCUT2D eigenvalue weighted by Gasteiger charge is 2.42. The zero-order chi connectivity index (χ0) is 13.6. The maximum absolute atomic E-state index is 12.3. The molecule has 0 saturated carbocycles. The van der Waals surface area contributed by atoms with E-state index in [2.05, 4.69) is 0 Å². The van der Waals surface area contributed by atoms with Gasteiger partial charge >= 0.3 is 5.97 Å². The second-order valence-corrected chi connectivity index (χ2v) is 7.57. The lowest BCUT2D eigenvalue weighted by Crippen LogP contribution is -2.31. The van der Waals surface area contributed by atoms with Gasteiger partial charge in [-0.05, 0) is 38.3 Å². The van der Waals surface area contributed by atoms with Crippen molar-refractivity contribution < 1.29 is 18.3 Å². The standard InChI is InChI=1S/C13H16O4S/c1-13(2,12(14)15)8-10-7-9-5-3-4-6-11(9)18(10,16)17/h3-6,10H,7-8H2,1-2H3,(H,14,15). The van der Waals surface area contributed by atoms with Gasteiger partial charge in [0, 0.05) is 0 Å². The van der Waals surface area contributed by atoms with Gasteiger partial charge in [0.25, 0.3) is 0 Å². The van der Waals surface area contributed by atoms with Crippen molar-refractivity contribution in [3.63, 3.8) is 0 Å². The summed E-state index contributed by atoms with van der Waals surface area (Å²) in [4.78, 5) is 11.5. The number of carbonyl (C=O) groups is 1. The summed E-state index contributed by atoms with van der Waals surface area (Å²) in [5.41, 5.74) is -0.233. The van der Waals surface area contributed by atoms with Gasteiger partial charge in [0.2, 0.25) is 0 Å². The molecule has 2 rings (SSSR count). The molecule has 4 nitrogen and oxygen atoms in total. The van der Waals surface area contributed by atoms with Crippen LogP contribution >= 0.6 is 0 Å². The molecule has 1 heterocycles. The number of carboxylic acid groups (broad SMARTS) is 1. The highest BCUT2D eigenvalue weighted by atomic mass is 32.2. The fourth-order valence-electron chi connectivity index (χ4n) is 2.32. The predicted octanol–water partition coefficient (Wildman–Crippen LogP) is 1.89. The van der Waals surface area contributed by atoms with Gasteiger partial charge in [-0.1, -0.05) is 18.2 Å². The first-order valence-corrected chi connectivity index (χ1v) is 7.35. The van der Waals surface area contributed by atoms with Crippen LogP contribution in [0.1, 0.15) is 25.8 Å². The van der Waals surface area contributed by atoms with Crippen molar-refractivity contribution in [2.75, 3.05) is 0 Å². The number of sulfone groups is 1. The minimum Gasteiger partial charge on any atom is -0.481 e. The number of rotatable bonds is 3. The Morgan fingerprint density at radius 3 is 2.56 bits per heavy atom. The Kier molecular flexibility index (Phi) is 2.97. The van der Waals surface area contributed by atoms with Crippen LogP contribution in [0.15, 0.2) is 29.2 Å². The van der Waals surface area contributed by atoms with Gasteiger partial charge in [-0.25, -0.2) is 8.42 Å². The van der Waals surface area contributed by atoms with Crippen molar-refractivity contribution >= 4 is 15.8 Å². The van der Waals surface area contributed by atoms with Crippen LogP contribution < -0.4 is 0 Å². The molecule has 5 heteroatoms. The molecule has 18 heavy (non-hydrogen) atoms. The highest BCUT2D eigenvalue weighted by molar-refractivity contribution is 7.92. The van der Waals surface area contributed by atoms with Crippen molar-refractivity contribution in [1.82, 2.24) is 0 Å². The zero-order valence-corrected chi connectivity index (χ0v) is 11.2. The summed E-state index contributed by atoms with van der Waals surface area (Å²) in [7, 11) is -3.38. The molecule has 1 atom stereocenters. The summed E-state index contributed by atoms with van der Waals surface area (Å²) in [5, 5.41) is 8.47. The average molecular weight is 268 g/mol. The molecule has 1 aliphatic rings. The van der Waals surface area contributed by atoms with E-state index in [-0.39, 0.29) is 6.42 Å². The third-order valence-electron chi connectivity index (χ3n) is 3.48. The second-order valence-electron chi connectivity index (χ2n) is 5.37. The molecule has 0 radical (unpaired) electrons. The fourth-order valence-corrected chi connectivity index (χ4v) is 4.50. The van der Waals surface area contributed by atoms with E-state index >= 15 is 0 Å². The Bertz CT molecular complexity index is 587. The Hall–Kier alpha value is -1.36. The number of fused-ring (bicyclic) bond motifs is 1. The minimum atomic E-state index is -3.38. The molecule has 0 bridgehead atoms. The number of aliphatic carboxylic acids is 1. The summed E-state index contributed by atoms with van der Waals surface area (Å²) in [6.07, 6.45) is 0.550. The van der Waals surface area contributed by atoms with Gasteiger partial charge in [-0.2, -0.15) is 0 Å². The average Bonchev–Trinajstić information content (AvgIpc) is 2.51. The van der Waals surface area contributed by atoms with Crippen molar-refractivity contribution in [1.29, 1.82) is 0 Å². The van der Waals surface area contributed by atoms with Gasteiger partial charge in [0.05, 0.1) is 15.6 Å². The van der Waals surface area contributed by atoms with Gasteiger partial charge in [0.1, 0.15) is 0 Å². The van der Waals surface area contributed by atoms with Crippen molar-refractivity contribution in [3.8, 4) is 0 Å². The number of hydrogen-bond donors (Lipinski definition) is 1. The summed E-state index contributed by atoms with van der Waals surface area (Å²) in [5.74, 6) is -0.964. The van der Waals surface area contributed by atoms with Crippen LogP contribution in [0.4, 0.5) is 0 Å². The maximum atomic E-state index is 12.3. The van der Waals surface area contributed by atoms with E-state index in [4.69, 9.17) is 5.11 Å². The van der Waals surface area contributed by atoms with E-state index < -0.39 is 26.5 Å². The van der Waals surface area contributed by atoms with Crippen LogP contribution in [-0.4, -0.2) is 24.7 Å². The van der Waals surface area contributed by atoms with Gasteiger partial charge in [0.15, 0.2) is 9.84 Å². The summed E-state index contributed by atoms with van der Waals surface area (Å²) in [6, 6.07) is 6.89. The van der Waals surface area contributed by atoms with E-state index in [0.29, 0.717) is 11.3 Å². The SMILES string of the molecule is CC(C)(CC1Cc2ccccc2S1(=O)=O)C(=O)O. The van der Waals surface area contributed by atoms with Crippen LogP contribution in [0, 0.1) is 5.41 Å². The van der Waals surface area contributed by atoms with Gasteiger partial charge in [-0.15, -0.1) is 0 Å². The third kappa shape index (κ3) is 2.03. The van der Waals surface area contributed by atoms with Crippen molar-refractivity contribution in [3.05, 3.63) is 29.8 Å². The van der Waals surface area contributed by atoms with Crippen LogP contribution in [0.5, 0.6) is 0 Å². The van der Waals surface area contributed by atoms with Crippen molar-refractivity contribution in [2.24, 2.45) is 5.41 Å². The Morgan fingerprint density at radius 2 is 2.00 bits per heavy atom. The van der Waals surface area contributed by atoms with E-state index in [0.717, 1.165) is 5.56 Å². The van der Waals surface area contributed by atoms with Crippen LogP contribution in [0.3, 0.4) is 0 Å². The zero-order valence-electron chi connectivity index (χ0n) is 10.4. The molecule has 0 aromatic heterocycles. The lowest BCUT2D eigenvalue weighted by Gasteiger charge is -2.22. The Balaban J connectivity index is 2.34. The number of hydrogen-bond acceptors (Lipinski definition) is 3. The molecule has 0 aliphatic carbocycles. The number of carboxylic acids is 1. The molecule has 1 aliphatic heterocycles. The Labute approximate surface area is 107 Å². The van der Waals surface area contributed by atoms with Crippen LogP contribution in [0.2, 0.25) is 0 Å². The first-order valence-electron chi connectivity index (χ1n) is 5.80. The molecule has 0 fully saturated rings.